The van der Waals surface area contributed by atoms with Crippen molar-refractivity contribution in [1.82, 2.24) is 5.32 Å². The van der Waals surface area contributed by atoms with Crippen molar-refractivity contribution in [3.8, 4) is 0 Å². The first kappa shape index (κ1) is 19.1. The Labute approximate surface area is 150 Å². The third kappa shape index (κ3) is 4.90. The van der Waals surface area contributed by atoms with Gasteiger partial charge in [-0.2, -0.15) is 0 Å². The smallest absolute Gasteiger partial charge is 0.340 e. The van der Waals surface area contributed by atoms with Crippen molar-refractivity contribution in [3.05, 3.63) is 71.7 Å². The second-order valence-corrected chi connectivity index (χ2v) is 5.69. The molecule has 9 heteroatoms. The van der Waals surface area contributed by atoms with Crippen LogP contribution in [0.3, 0.4) is 0 Å². The molecule has 7 nitrogen and oxygen atoms in total. The molecule has 0 saturated heterocycles. The molecule has 0 radical (unpaired) electrons. The van der Waals surface area contributed by atoms with Crippen LogP contribution in [0.25, 0.3) is 5.57 Å². The summed E-state index contributed by atoms with van der Waals surface area (Å²) in [6.45, 7) is 0. The first-order valence-electron chi connectivity index (χ1n) is 7.27. The fraction of sp³-hybridized carbons (Fsp3) is 0.0588. The molecule has 0 heterocycles. The minimum atomic E-state index is -2.80. The number of methoxy groups -OCH3 is 1. The van der Waals surface area contributed by atoms with E-state index in [9.17, 15) is 22.4 Å². The Bertz CT molecular complexity index is 915. The second-order valence-electron chi connectivity index (χ2n) is 4.95. The topological polar surface area (TPSA) is 102 Å². The molecule has 0 aliphatic rings. The summed E-state index contributed by atoms with van der Waals surface area (Å²) in [7, 11) is -1.66. The van der Waals surface area contributed by atoms with E-state index in [4.69, 9.17) is 0 Å². The summed E-state index contributed by atoms with van der Waals surface area (Å²) in [5.41, 5.74) is 0.347. The van der Waals surface area contributed by atoms with Crippen molar-refractivity contribution < 1.29 is 27.1 Å². The number of carbonyl (C=O) groups excluding carboxylic acids is 2. The van der Waals surface area contributed by atoms with Crippen molar-refractivity contribution in [2.24, 2.45) is 0 Å². The number of amides is 1. The molecule has 0 unspecified atom stereocenters. The summed E-state index contributed by atoms with van der Waals surface area (Å²) in [5.74, 6) is -2.02. The molecule has 1 amide bonds. The maximum atomic E-state index is 13.9. The van der Waals surface area contributed by atoms with Gasteiger partial charge in [0.05, 0.1) is 12.7 Å². The Morgan fingerprint density at radius 2 is 1.73 bits per heavy atom. The molecule has 2 rings (SSSR count). The number of esters is 1. The maximum Gasteiger partial charge on any atom is 0.340 e. The van der Waals surface area contributed by atoms with E-state index in [-0.39, 0.29) is 16.7 Å². The van der Waals surface area contributed by atoms with Crippen LogP contribution in [0.4, 0.5) is 10.1 Å². The molecular formula is C17H15FN2O5S. The molecule has 0 aromatic heterocycles. The predicted molar refractivity (Wildman–Crippen MR) is 94.2 cm³/mol. The number of anilines is 1. The number of nitrogens with one attached hydrogen (secondary N) is 2. The molecule has 0 saturated carbocycles. The number of thiol groups is 1. The van der Waals surface area contributed by atoms with Gasteiger partial charge in [-0.25, -0.2) is 17.6 Å². The van der Waals surface area contributed by atoms with Gasteiger partial charge >= 0.3 is 5.97 Å². The highest BCUT2D eigenvalue weighted by Crippen LogP contribution is 2.19. The van der Waals surface area contributed by atoms with Crippen LogP contribution in [0.2, 0.25) is 0 Å². The van der Waals surface area contributed by atoms with Crippen LogP contribution in [0.5, 0.6) is 0 Å². The van der Waals surface area contributed by atoms with E-state index in [1.807, 2.05) is 0 Å². The van der Waals surface area contributed by atoms with Gasteiger partial charge in [-0.15, -0.1) is 0 Å². The number of hydrogen-bond donors (Lipinski definition) is 3. The minimum Gasteiger partial charge on any atom is -0.465 e. The van der Waals surface area contributed by atoms with Crippen LogP contribution in [-0.4, -0.2) is 27.4 Å². The van der Waals surface area contributed by atoms with Gasteiger partial charge in [0.1, 0.15) is 5.82 Å². The Kier molecular flexibility index (Phi) is 6.45. The van der Waals surface area contributed by atoms with E-state index < -0.39 is 28.6 Å². The van der Waals surface area contributed by atoms with E-state index in [2.05, 4.69) is 14.8 Å². The number of carbonyl (C=O) groups is 2. The van der Waals surface area contributed by atoms with Crippen LogP contribution in [0.15, 0.2) is 54.7 Å². The van der Waals surface area contributed by atoms with Crippen LogP contribution >= 0.6 is 0 Å². The molecular weight excluding hydrogens is 363 g/mol. The molecule has 0 spiro atoms. The molecule has 0 aliphatic heterocycles. The lowest BCUT2D eigenvalue weighted by atomic mass is 10.1. The quantitative estimate of drug-likeness (QED) is 0.404. The number of rotatable bonds is 6. The predicted octanol–water partition coefficient (Wildman–Crippen LogP) is 1.71. The van der Waals surface area contributed by atoms with Crippen molar-refractivity contribution in [2.75, 3.05) is 11.8 Å². The Balaban J connectivity index is 2.22. The van der Waals surface area contributed by atoms with E-state index in [0.717, 1.165) is 13.3 Å². The third-order valence-electron chi connectivity index (χ3n) is 3.28. The third-order valence-corrected chi connectivity index (χ3v) is 3.73. The lowest BCUT2D eigenvalue weighted by molar-refractivity contribution is -0.133. The molecule has 0 atom stereocenters. The average molecular weight is 378 g/mol. The fourth-order valence-electron chi connectivity index (χ4n) is 2.06. The van der Waals surface area contributed by atoms with Crippen LogP contribution in [-0.2, 0) is 20.4 Å². The summed E-state index contributed by atoms with van der Waals surface area (Å²) < 4.78 is 41.9. The second kappa shape index (κ2) is 8.77. The van der Waals surface area contributed by atoms with Gasteiger partial charge in [0.2, 0.25) is 10.9 Å². The number of benzene rings is 2. The average Bonchev–Trinajstić information content (AvgIpc) is 2.62. The van der Waals surface area contributed by atoms with Crippen LogP contribution < -0.4 is 10.0 Å². The van der Waals surface area contributed by atoms with Gasteiger partial charge in [-0.1, -0.05) is 18.2 Å². The van der Waals surface area contributed by atoms with E-state index >= 15 is 0 Å². The lowest BCUT2D eigenvalue weighted by Crippen LogP contribution is -2.19. The molecule has 2 aromatic carbocycles. The van der Waals surface area contributed by atoms with Gasteiger partial charge in [0.25, 0.3) is 5.91 Å². The molecule has 2 aromatic rings. The zero-order valence-electron chi connectivity index (χ0n) is 13.6. The lowest BCUT2D eigenvalue weighted by Gasteiger charge is -2.08. The molecule has 26 heavy (non-hydrogen) atoms. The van der Waals surface area contributed by atoms with Crippen molar-refractivity contribution in [2.45, 2.75) is 0 Å². The number of ether oxygens (including phenoxy) is 1. The van der Waals surface area contributed by atoms with E-state index in [1.54, 1.807) is 6.07 Å². The largest absolute Gasteiger partial charge is 0.465 e. The van der Waals surface area contributed by atoms with Crippen LogP contribution in [0, 0.1) is 5.82 Å². The van der Waals surface area contributed by atoms with E-state index in [1.165, 1.54) is 42.5 Å². The maximum absolute atomic E-state index is 13.9. The highest BCUT2D eigenvalue weighted by atomic mass is 32.2. The highest BCUT2D eigenvalue weighted by molar-refractivity contribution is 7.73. The zero-order valence-corrected chi connectivity index (χ0v) is 14.5. The zero-order chi connectivity index (χ0) is 19.1. The van der Waals surface area contributed by atoms with E-state index in [0.29, 0.717) is 5.69 Å². The number of halogens is 1. The fourth-order valence-corrected chi connectivity index (χ4v) is 2.42. The van der Waals surface area contributed by atoms with Crippen molar-refractivity contribution in [3.63, 3.8) is 0 Å². The summed E-state index contributed by atoms with van der Waals surface area (Å²) in [5, 5.41) is 2.39. The van der Waals surface area contributed by atoms with Crippen molar-refractivity contribution in [1.29, 1.82) is 0 Å². The molecule has 2 N–H and O–H groups in total. The Morgan fingerprint density at radius 3 is 2.31 bits per heavy atom. The normalized spacial score (nSPS) is 11.1. The first-order chi connectivity index (χ1) is 12.4. The standard InChI is InChI=1S/C17H15FN2O5S/c1-25-17(22)14(13-4-2-3-5-15(13)18)10-19-16(21)11-6-8-12(9-7-11)20-26(23)24/h2-10,26H,1H3,(H,19,21)(H,20,23,24)/b14-10-. The number of hydrogen-bond acceptors (Lipinski definition) is 5. The van der Waals surface area contributed by atoms with Gasteiger partial charge in [-0.05, 0) is 30.3 Å². The monoisotopic (exact) mass is 378 g/mol. The van der Waals surface area contributed by atoms with Gasteiger partial charge in [0.15, 0.2) is 0 Å². The SMILES string of the molecule is COC(=O)/C(=C\NC(=O)c1ccc(N[SH](=O)=O)cc1)c1ccccc1F. The molecule has 0 aliphatic carbocycles. The summed E-state index contributed by atoms with van der Waals surface area (Å²) in [6, 6.07) is 11.2. The molecule has 0 fully saturated rings. The van der Waals surface area contributed by atoms with Gasteiger partial charge in [-0.3, -0.25) is 9.52 Å². The Morgan fingerprint density at radius 1 is 1.08 bits per heavy atom. The Hall–Kier alpha value is -3.20. The first-order valence-corrected chi connectivity index (χ1v) is 8.45. The summed E-state index contributed by atoms with van der Waals surface area (Å²) in [4.78, 5) is 24.1. The summed E-state index contributed by atoms with van der Waals surface area (Å²) >= 11 is 0. The van der Waals surface area contributed by atoms with Gasteiger partial charge < -0.3 is 10.1 Å². The van der Waals surface area contributed by atoms with Crippen molar-refractivity contribution >= 4 is 34.0 Å². The summed E-state index contributed by atoms with van der Waals surface area (Å²) in [6.07, 6.45) is 1.06. The minimum absolute atomic E-state index is 0.0153. The highest BCUT2D eigenvalue weighted by Gasteiger charge is 2.17. The molecule has 0 bridgehead atoms. The van der Waals surface area contributed by atoms with Crippen LogP contribution in [0.1, 0.15) is 15.9 Å². The molecule has 136 valence electrons. The van der Waals surface area contributed by atoms with Gasteiger partial charge in [0, 0.05) is 23.0 Å².